The van der Waals surface area contributed by atoms with Crippen LogP contribution in [-0.4, -0.2) is 39.1 Å². The number of likely N-dealkylation sites (tertiary alicyclic amines) is 1. The van der Waals surface area contributed by atoms with Crippen LogP contribution in [0.5, 0.6) is 0 Å². The van der Waals surface area contributed by atoms with Crippen molar-refractivity contribution < 1.29 is 4.79 Å². The van der Waals surface area contributed by atoms with Crippen molar-refractivity contribution in [2.75, 3.05) is 13.1 Å². The SMILES string of the molecule is CCCc1cc(C(=O)N2CC(c3cccnc3)C2)n[nH]1. The first-order valence-corrected chi connectivity index (χ1v) is 7.01. The summed E-state index contributed by atoms with van der Waals surface area (Å²) >= 11 is 0. The second kappa shape index (κ2) is 5.45. The summed E-state index contributed by atoms with van der Waals surface area (Å²) in [6, 6.07) is 5.86. The van der Waals surface area contributed by atoms with Gasteiger partial charge in [-0.1, -0.05) is 19.4 Å². The molecule has 1 aliphatic heterocycles. The molecule has 0 bridgehead atoms. The van der Waals surface area contributed by atoms with E-state index in [2.05, 4.69) is 28.2 Å². The molecule has 0 spiro atoms. The number of carbonyl (C=O) groups is 1. The van der Waals surface area contributed by atoms with Crippen molar-refractivity contribution in [1.82, 2.24) is 20.1 Å². The molecule has 2 aromatic rings. The zero-order valence-corrected chi connectivity index (χ0v) is 11.5. The van der Waals surface area contributed by atoms with Crippen molar-refractivity contribution in [2.45, 2.75) is 25.7 Å². The van der Waals surface area contributed by atoms with E-state index in [1.807, 2.05) is 23.2 Å². The Morgan fingerprint density at radius 2 is 2.35 bits per heavy atom. The zero-order chi connectivity index (χ0) is 13.9. The van der Waals surface area contributed by atoms with Crippen LogP contribution in [0.2, 0.25) is 0 Å². The standard InChI is InChI=1S/C15H18N4O/c1-2-4-13-7-14(18-17-13)15(20)19-9-12(10-19)11-5-3-6-16-8-11/h3,5-8,12H,2,4,9-10H2,1H3,(H,17,18). The van der Waals surface area contributed by atoms with E-state index in [0.717, 1.165) is 31.6 Å². The average Bonchev–Trinajstić information content (AvgIpc) is 2.87. The predicted octanol–water partition coefficient (Wildman–Crippen LogP) is 2.00. The minimum Gasteiger partial charge on any atom is -0.336 e. The van der Waals surface area contributed by atoms with E-state index in [1.165, 1.54) is 5.56 Å². The van der Waals surface area contributed by atoms with Crippen molar-refractivity contribution in [1.29, 1.82) is 0 Å². The van der Waals surface area contributed by atoms with Crippen LogP contribution in [0.4, 0.5) is 0 Å². The van der Waals surface area contributed by atoms with Crippen LogP contribution in [0.1, 0.15) is 41.0 Å². The number of amides is 1. The molecule has 0 unspecified atom stereocenters. The molecule has 5 nitrogen and oxygen atoms in total. The Bertz CT molecular complexity index is 587. The fourth-order valence-corrected chi connectivity index (χ4v) is 2.50. The summed E-state index contributed by atoms with van der Waals surface area (Å²) in [6.07, 6.45) is 5.62. The number of aromatic nitrogens is 3. The Morgan fingerprint density at radius 3 is 3.05 bits per heavy atom. The molecular weight excluding hydrogens is 252 g/mol. The highest BCUT2D eigenvalue weighted by Gasteiger charge is 2.33. The monoisotopic (exact) mass is 270 g/mol. The van der Waals surface area contributed by atoms with E-state index in [4.69, 9.17) is 0 Å². The Hall–Kier alpha value is -2.17. The largest absolute Gasteiger partial charge is 0.336 e. The summed E-state index contributed by atoms with van der Waals surface area (Å²) in [7, 11) is 0. The van der Waals surface area contributed by atoms with Crippen LogP contribution in [0.3, 0.4) is 0 Å². The highest BCUT2D eigenvalue weighted by molar-refractivity contribution is 5.93. The Morgan fingerprint density at radius 1 is 1.50 bits per heavy atom. The number of rotatable bonds is 4. The number of pyridine rings is 1. The lowest BCUT2D eigenvalue weighted by Crippen LogP contribution is -2.48. The smallest absolute Gasteiger partial charge is 0.274 e. The van der Waals surface area contributed by atoms with Crippen molar-refractivity contribution >= 4 is 5.91 Å². The van der Waals surface area contributed by atoms with E-state index in [0.29, 0.717) is 11.6 Å². The third-order valence-electron chi connectivity index (χ3n) is 3.69. The van der Waals surface area contributed by atoms with Gasteiger partial charge in [-0.25, -0.2) is 0 Å². The Kier molecular flexibility index (Phi) is 3.50. The first kappa shape index (κ1) is 12.8. The van der Waals surface area contributed by atoms with Crippen molar-refractivity contribution in [3.8, 4) is 0 Å². The topological polar surface area (TPSA) is 61.9 Å². The van der Waals surface area contributed by atoms with Gasteiger partial charge in [-0.15, -0.1) is 0 Å². The molecular formula is C15H18N4O. The van der Waals surface area contributed by atoms with Gasteiger partial charge in [0.2, 0.25) is 0 Å². The number of hydrogen-bond acceptors (Lipinski definition) is 3. The molecule has 0 aliphatic carbocycles. The Labute approximate surface area is 118 Å². The number of nitrogens with zero attached hydrogens (tertiary/aromatic N) is 3. The number of aromatic amines is 1. The minimum atomic E-state index is 0.0174. The third-order valence-corrected chi connectivity index (χ3v) is 3.69. The van der Waals surface area contributed by atoms with Crippen LogP contribution in [0.25, 0.3) is 0 Å². The maximum absolute atomic E-state index is 12.2. The minimum absolute atomic E-state index is 0.0174. The highest BCUT2D eigenvalue weighted by Crippen LogP contribution is 2.27. The normalized spacial score (nSPS) is 15.2. The lowest BCUT2D eigenvalue weighted by molar-refractivity contribution is 0.0596. The fraction of sp³-hybridized carbons (Fsp3) is 0.400. The van der Waals surface area contributed by atoms with Gasteiger partial charge >= 0.3 is 0 Å². The molecule has 0 atom stereocenters. The molecule has 1 aliphatic rings. The molecule has 2 aromatic heterocycles. The van der Waals surface area contributed by atoms with Crippen LogP contribution < -0.4 is 0 Å². The van der Waals surface area contributed by atoms with Gasteiger partial charge < -0.3 is 4.90 Å². The molecule has 0 saturated carbocycles. The molecule has 1 N–H and O–H groups in total. The van der Waals surface area contributed by atoms with Gasteiger partial charge in [0, 0.05) is 37.1 Å². The summed E-state index contributed by atoms with van der Waals surface area (Å²) in [4.78, 5) is 18.2. The predicted molar refractivity (Wildman–Crippen MR) is 75.5 cm³/mol. The maximum Gasteiger partial charge on any atom is 0.274 e. The molecule has 5 heteroatoms. The van der Waals surface area contributed by atoms with Crippen LogP contribution >= 0.6 is 0 Å². The van der Waals surface area contributed by atoms with E-state index < -0.39 is 0 Å². The van der Waals surface area contributed by atoms with Gasteiger partial charge in [0.25, 0.3) is 5.91 Å². The summed E-state index contributed by atoms with van der Waals surface area (Å²) < 4.78 is 0. The summed E-state index contributed by atoms with van der Waals surface area (Å²) in [5.74, 6) is 0.422. The van der Waals surface area contributed by atoms with E-state index in [-0.39, 0.29) is 5.91 Å². The number of aryl methyl sites for hydroxylation is 1. The average molecular weight is 270 g/mol. The first-order chi connectivity index (χ1) is 9.78. The van der Waals surface area contributed by atoms with Crippen molar-refractivity contribution in [2.24, 2.45) is 0 Å². The Balaban J connectivity index is 1.60. The summed E-state index contributed by atoms with van der Waals surface area (Å²) in [5, 5.41) is 7.03. The number of nitrogens with one attached hydrogen (secondary N) is 1. The van der Waals surface area contributed by atoms with Gasteiger partial charge in [0.1, 0.15) is 5.69 Å². The maximum atomic E-state index is 12.2. The molecule has 1 fully saturated rings. The lowest BCUT2D eigenvalue weighted by Gasteiger charge is -2.38. The van der Waals surface area contributed by atoms with Gasteiger partial charge in [0.05, 0.1) is 0 Å². The van der Waals surface area contributed by atoms with E-state index in [9.17, 15) is 4.79 Å². The highest BCUT2D eigenvalue weighted by atomic mass is 16.2. The lowest BCUT2D eigenvalue weighted by atomic mass is 9.92. The quantitative estimate of drug-likeness (QED) is 0.924. The summed E-state index contributed by atoms with van der Waals surface area (Å²) in [6.45, 7) is 3.61. The van der Waals surface area contributed by atoms with Crippen LogP contribution in [0.15, 0.2) is 30.6 Å². The zero-order valence-electron chi connectivity index (χ0n) is 11.5. The first-order valence-electron chi connectivity index (χ1n) is 7.01. The second-order valence-corrected chi connectivity index (χ2v) is 5.22. The summed E-state index contributed by atoms with van der Waals surface area (Å²) in [5.41, 5.74) is 2.75. The molecule has 104 valence electrons. The number of H-pyrrole nitrogens is 1. The molecule has 1 amide bonds. The molecule has 0 radical (unpaired) electrons. The second-order valence-electron chi connectivity index (χ2n) is 5.22. The molecule has 20 heavy (non-hydrogen) atoms. The molecule has 3 rings (SSSR count). The van der Waals surface area contributed by atoms with Crippen molar-refractivity contribution in [3.63, 3.8) is 0 Å². The molecule has 1 saturated heterocycles. The van der Waals surface area contributed by atoms with Crippen LogP contribution in [0, 0.1) is 0 Å². The van der Waals surface area contributed by atoms with Gasteiger partial charge in [0.15, 0.2) is 0 Å². The van der Waals surface area contributed by atoms with E-state index in [1.54, 1.807) is 6.20 Å². The molecule has 3 heterocycles. The van der Waals surface area contributed by atoms with Gasteiger partial charge in [-0.2, -0.15) is 5.10 Å². The number of hydrogen-bond donors (Lipinski definition) is 1. The third kappa shape index (κ3) is 2.43. The molecule has 0 aromatic carbocycles. The van der Waals surface area contributed by atoms with Crippen LogP contribution in [-0.2, 0) is 6.42 Å². The van der Waals surface area contributed by atoms with Crippen molar-refractivity contribution in [3.05, 3.63) is 47.5 Å². The van der Waals surface area contributed by atoms with Gasteiger partial charge in [-0.05, 0) is 24.1 Å². The van der Waals surface area contributed by atoms with Gasteiger partial charge in [-0.3, -0.25) is 14.9 Å². The fourth-order valence-electron chi connectivity index (χ4n) is 2.50. The van der Waals surface area contributed by atoms with E-state index >= 15 is 0 Å². The number of carbonyl (C=O) groups excluding carboxylic acids is 1.